The number of carbonyl (C=O) groups excluding carboxylic acids is 1. The van der Waals surface area contributed by atoms with Crippen LogP contribution in [0.4, 0.5) is 0 Å². The fourth-order valence-corrected chi connectivity index (χ4v) is 4.28. The minimum Gasteiger partial charge on any atom is -0.374 e. The minimum absolute atomic E-state index is 0.0381. The van der Waals surface area contributed by atoms with Crippen LogP contribution in [-0.2, 0) is 14.8 Å². The van der Waals surface area contributed by atoms with Crippen LogP contribution >= 0.6 is 0 Å². The minimum atomic E-state index is -4.05. The average Bonchev–Trinajstić information content (AvgIpc) is 2.57. The SMILES string of the molecule is Cc1ccc(S(=O)(=O)N2[C@H](O)C=CC(=O)[C@@H]2c2ccccc2)cc1. The fourth-order valence-electron chi connectivity index (χ4n) is 2.69. The molecule has 6 heteroatoms. The molecule has 2 aromatic rings. The van der Waals surface area contributed by atoms with Gasteiger partial charge in [0, 0.05) is 0 Å². The maximum Gasteiger partial charge on any atom is 0.246 e. The molecule has 1 heterocycles. The Morgan fingerprint density at radius 2 is 1.62 bits per heavy atom. The molecular formula is C18H17NO4S. The van der Waals surface area contributed by atoms with Crippen LogP contribution in [0.3, 0.4) is 0 Å². The smallest absolute Gasteiger partial charge is 0.246 e. The van der Waals surface area contributed by atoms with Gasteiger partial charge in [0.2, 0.25) is 10.0 Å². The average molecular weight is 343 g/mol. The predicted molar refractivity (Wildman–Crippen MR) is 89.5 cm³/mol. The standard InChI is InChI=1S/C18H17NO4S/c1-13-7-9-15(10-8-13)24(22,23)19-17(21)12-11-16(20)18(19)14-5-3-2-4-6-14/h2-12,17-18,21H,1H3/t17-,18+/m1/s1. The Hall–Kier alpha value is -2.28. The van der Waals surface area contributed by atoms with Gasteiger partial charge in [0.15, 0.2) is 5.78 Å². The molecule has 0 saturated heterocycles. The van der Waals surface area contributed by atoms with Crippen molar-refractivity contribution >= 4 is 15.8 Å². The van der Waals surface area contributed by atoms with Gasteiger partial charge in [-0.15, -0.1) is 0 Å². The molecule has 0 radical (unpaired) electrons. The lowest BCUT2D eigenvalue weighted by atomic mass is 10.00. The molecule has 1 N–H and O–H groups in total. The molecule has 1 aliphatic heterocycles. The van der Waals surface area contributed by atoms with E-state index in [1.807, 2.05) is 6.92 Å². The molecule has 0 aliphatic carbocycles. The topological polar surface area (TPSA) is 74.7 Å². The summed E-state index contributed by atoms with van der Waals surface area (Å²) in [6, 6.07) is 13.8. The highest BCUT2D eigenvalue weighted by atomic mass is 32.2. The number of ketones is 1. The third-order valence-corrected chi connectivity index (χ3v) is 5.78. The van der Waals surface area contributed by atoms with Crippen LogP contribution in [0.2, 0.25) is 0 Å². The van der Waals surface area contributed by atoms with E-state index in [9.17, 15) is 18.3 Å². The summed E-state index contributed by atoms with van der Waals surface area (Å²) in [5.74, 6) is -0.387. The lowest BCUT2D eigenvalue weighted by molar-refractivity contribution is -0.121. The second-order valence-corrected chi connectivity index (χ2v) is 7.48. The van der Waals surface area contributed by atoms with Crippen LogP contribution in [0.1, 0.15) is 17.2 Å². The number of carbonyl (C=O) groups is 1. The van der Waals surface area contributed by atoms with E-state index in [0.29, 0.717) is 5.56 Å². The lowest BCUT2D eigenvalue weighted by Crippen LogP contribution is -2.46. The molecule has 2 atom stereocenters. The zero-order valence-electron chi connectivity index (χ0n) is 13.0. The summed E-state index contributed by atoms with van der Waals surface area (Å²) < 4.78 is 26.9. The number of aryl methyl sites for hydroxylation is 1. The fraction of sp³-hybridized carbons (Fsp3) is 0.167. The monoisotopic (exact) mass is 343 g/mol. The van der Waals surface area contributed by atoms with Gasteiger partial charge in [-0.05, 0) is 36.8 Å². The Morgan fingerprint density at radius 3 is 2.25 bits per heavy atom. The van der Waals surface area contributed by atoms with E-state index in [1.165, 1.54) is 24.3 Å². The van der Waals surface area contributed by atoms with E-state index < -0.39 is 22.3 Å². The quantitative estimate of drug-likeness (QED) is 0.927. The Labute approximate surface area is 140 Å². The van der Waals surface area contributed by atoms with E-state index in [-0.39, 0.29) is 10.7 Å². The number of aliphatic hydroxyl groups excluding tert-OH is 1. The third-order valence-electron chi connectivity index (χ3n) is 3.93. The van der Waals surface area contributed by atoms with Crippen molar-refractivity contribution in [2.45, 2.75) is 24.1 Å². The molecule has 0 spiro atoms. The number of rotatable bonds is 3. The Morgan fingerprint density at radius 1 is 1.00 bits per heavy atom. The van der Waals surface area contributed by atoms with E-state index in [2.05, 4.69) is 0 Å². The number of benzene rings is 2. The van der Waals surface area contributed by atoms with Gasteiger partial charge in [-0.1, -0.05) is 48.0 Å². The van der Waals surface area contributed by atoms with Crippen LogP contribution in [0, 0.1) is 6.92 Å². The van der Waals surface area contributed by atoms with Crippen molar-refractivity contribution < 1.29 is 18.3 Å². The van der Waals surface area contributed by atoms with E-state index in [1.54, 1.807) is 42.5 Å². The van der Waals surface area contributed by atoms with Gasteiger partial charge in [-0.25, -0.2) is 8.42 Å². The molecule has 0 saturated carbocycles. The summed E-state index contributed by atoms with van der Waals surface area (Å²) in [4.78, 5) is 12.4. The van der Waals surface area contributed by atoms with Gasteiger partial charge >= 0.3 is 0 Å². The van der Waals surface area contributed by atoms with Crippen molar-refractivity contribution in [3.8, 4) is 0 Å². The molecule has 5 nitrogen and oxygen atoms in total. The van der Waals surface area contributed by atoms with Crippen LogP contribution in [-0.4, -0.2) is 29.8 Å². The van der Waals surface area contributed by atoms with Gasteiger partial charge in [0.05, 0.1) is 4.90 Å². The van der Waals surface area contributed by atoms with E-state index >= 15 is 0 Å². The van der Waals surface area contributed by atoms with Crippen molar-refractivity contribution in [1.82, 2.24) is 4.31 Å². The molecule has 0 fully saturated rings. The van der Waals surface area contributed by atoms with E-state index in [4.69, 9.17) is 0 Å². The van der Waals surface area contributed by atoms with Gasteiger partial charge in [-0.2, -0.15) is 4.31 Å². The second-order valence-electron chi connectivity index (χ2n) is 5.64. The highest BCUT2D eigenvalue weighted by molar-refractivity contribution is 7.89. The summed E-state index contributed by atoms with van der Waals surface area (Å²) in [5.41, 5.74) is 1.44. The summed E-state index contributed by atoms with van der Waals surface area (Å²) in [6.07, 6.45) is 1.01. The van der Waals surface area contributed by atoms with Gasteiger partial charge in [-0.3, -0.25) is 4.79 Å². The predicted octanol–water partition coefficient (Wildman–Crippen LogP) is 2.18. The summed E-state index contributed by atoms with van der Waals surface area (Å²) in [5, 5.41) is 10.3. The van der Waals surface area contributed by atoms with Crippen molar-refractivity contribution in [2.24, 2.45) is 0 Å². The largest absolute Gasteiger partial charge is 0.374 e. The zero-order chi connectivity index (χ0) is 17.3. The molecule has 3 rings (SSSR count). The number of aliphatic hydroxyl groups is 1. The molecule has 124 valence electrons. The molecule has 1 aliphatic rings. The normalized spacial score (nSPS) is 21.8. The molecule has 24 heavy (non-hydrogen) atoms. The first-order valence-corrected chi connectivity index (χ1v) is 8.90. The van der Waals surface area contributed by atoms with Gasteiger partial charge < -0.3 is 5.11 Å². The second kappa shape index (κ2) is 6.32. The molecule has 0 amide bonds. The van der Waals surface area contributed by atoms with Crippen molar-refractivity contribution in [3.05, 3.63) is 77.9 Å². The highest BCUT2D eigenvalue weighted by Gasteiger charge is 2.42. The highest BCUT2D eigenvalue weighted by Crippen LogP contribution is 2.33. The maximum absolute atomic E-state index is 13.0. The molecule has 0 aromatic heterocycles. The first-order valence-electron chi connectivity index (χ1n) is 7.46. The van der Waals surface area contributed by atoms with Crippen LogP contribution < -0.4 is 0 Å². The number of hydrogen-bond acceptors (Lipinski definition) is 4. The maximum atomic E-state index is 13.0. The molecular weight excluding hydrogens is 326 g/mol. The number of sulfonamides is 1. The van der Waals surface area contributed by atoms with Crippen molar-refractivity contribution in [2.75, 3.05) is 0 Å². The Bertz CT molecular complexity index is 873. The van der Waals surface area contributed by atoms with Crippen molar-refractivity contribution in [3.63, 3.8) is 0 Å². The zero-order valence-corrected chi connectivity index (χ0v) is 13.8. The Balaban J connectivity index is 2.13. The van der Waals surface area contributed by atoms with Gasteiger partial charge in [0.25, 0.3) is 0 Å². The van der Waals surface area contributed by atoms with Crippen LogP contribution in [0.15, 0.2) is 71.6 Å². The Kier molecular flexibility index (Phi) is 4.36. The number of nitrogens with zero attached hydrogens (tertiary/aromatic N) is 1. The first-order chi connectivity index (χ1) is 11.4. The van der Waals surface area contributed by atoms with Crippen molar-refractivity contribution in [1.29, 1.82) is 0 Å². The van der Waals surface area contributed by atoms with Crippen LogP contribution in [0.5, 0.6) is 0 Å². The molecule has 0 unspecified atom stereocenters. The third kappa shape index (κ3) is 2.91. The number of hydrogen-bond donors (Lipinski definition) is 1. The molecule has 0 bridgehead atoms. The van der Waals surface area contributed by atoms with Crippen LogP contribution in [0.25, 0.3) is 0 Å². The van der Waals surface area contributed by atoms with E-state index in [0.717, 1.165) is 9.87 Å². The lowest BCUT2D eigenvalue weighted by Gasteiger charge is -2.34. The summed E-state index contributed by atoms with van der Waals surface area (Å²) in [6.45, 7) is 1.85. The first kappa shape index (κ1) is 16.6. The summed E-state index contributed by atoms with van der Waals surface area (Å²) in [7, 11) is -4.05. The molecule has 2 aromatic carbocycles. The van der Waals surface area contributed by atoms with Gasteiger partial charge in [0.1, 0.15) is 12.3 Å². The summed E-state index contributed by atoms with van der Waals surface area (Å²) >= 11 is 0.